The Bertz CT molecular complexity index is 817. The number of hydrogen-bond acceptors (Lipinski definition) is 4. The number of nitrogens with zero attached hydrogens (tertiary/aromatic N) is 2. The molecule has 1 heterocycles. The number of halogens is 2. The zero-order chi connectivity index (χ0) is 15.0. The van der Waals surface area contributed by atoms with Crippen LogP contribution in [0.15, 0.2) is 45.4 Å². The first-order valence-electron chi connectivity index (χ1n) is 6.14. The van der Waals surface area contributed by atoms with Crippen LogP contribution in [0.2, 0.25) is 5.02 Å². The predicted octanol–water partition coefficient (Wildman–Crippen LogP) is 4.83. The third-order valence-corrected chi connectivity index (χ3v) is 4.35. The quantitative estimate of drug-likeness (QED) is 0.706. The molecule has 0 aliphatic rings. The highest BCUT2D eigenvalue weighted by Gasteiger charge is 2.14. The van der Waals surface area contributed by atoms with Gasteiger partial charge in [-0.15, -0.1) is 0 Å². The molecule has 1 aromatic heterocycles. The van der Waals surface area contributed by atoms with Crippen LogP contribution in [0.4, 0.5) is 0 Å². The number of phenolic OH excluding ortho intramolecular Hbond substituents is 1. The molecule has 0 spiro atoms. The summed E-state index contributed by atoms with van der Waals surface area (Å²) in [6, 6.07) is 10.6. The second-order valence-corrected chi connectivity index (χ2v) is 5.76. The second kappa shape index (κ2) is 5.50. The molecule has 0 bridgehead atoms. The van der Waals surface area contributed by atoms with Crippen LogP contribution >= 0.6 is 27.5 Å². The van der Waals surface area contributed by atoms with E-state index >= 15 is 0 Å². The number of aromatic nitrogens is 2. The maximum Gasteiger partial charge on any atom is 0.258 e. The smallest absolute Gasteiger partial charge is 0.258 e. The Hall–Kier alpha value is -1.85. The van der Waals surface area contributed by atoms with Gasteiger partial charge in [-0.3, -0.25) is 0 Å². The van der Waals surface area contributed by atoms with Gasteiger partial charge in [0, 0.05) is 21.2 Å². The van der Waals surface area contributed by atoms with E-state index < -0.39 is 0 Å². The molecule has 3 rings (SSSR count). The molecule has 21 heavy (non-hydrogen) atoms. The van der Waals surface area contributed by atoms with Gasteiger partial charge in [-0.1, -0.05) is 22.8 Å². The van der Waals surface area contributed by atoms with E-state index in [-0.39, 0.29) is 5.75 Å². The Balaban J connectivity index is 2.03. The van der Waals surface area contributed by atoms with Crippen molar-refractivity contribution in [1.82, 2.24) is 10.1 Å². The summed E-state index contributed by atoms with van der Waals surface area (Å²) in [5.41, 5.74) is 2.20. The van der Waals surface area contributed by atoms with Crippen LogP contribution in [-0.2, 0) is 0 Å². The Morgan fingerprint density at radius 2 is 2.05 bits per heavy atom. The number of phenols is 1. The van der Waals surface area contributed by atoms with Gasteiger partial charge >= 0.3 is 0 Å². The molecule has 0 radical (unpaired) electrons. The molecule has 4 nitrogen and oxygen atoms in total. The molecule has 6 heteroatoms. The minimum atomic E-state index is 0.196. The molecule has 0 saturated carbocycles. The van der Waals surface area contributed by atoms with Gasteiger partial charge in [0.25, 0.3) is 5.89 Å². The molecule has 2 aromatic carbocycles. The predicted molar refractivity (Wildman–Crippen MR) is 84.3 cm³/mol. The second-order valence-electron chi connectivity index (χ2n) is 4.50. The fraction of sp³-hybridized carbons (Fsp3) is 0.0667. The average molecular weight is 366 g/mol. The van der Waals surface area contributed by atoms with Crippen molar-refractivity contribution in [2.24, 2.45) is 0 Å². The van der Waals surface area contributed by atoms with Gasteiger partial charge in [0.05, 0.1) is 5.02 Å². The Morgan fingerprint density at radius 1 is 1.24 bits per heavy atom. The molecule has 0 saturated heterocycles. The summed E-state index contributed by atoms with van der Waals surface area (Å²) < 4.78 is 6.06. The van der Waals surface area contributed by atoms with Crippen molar-refractivity contribution in [1.29, 1.82) is 0 Å². The lowest BCUT2D eigenvalue weighted by Gasteiger charge is -2.02. The maximum absolute atomic E-state index is 9.74. The average Bonchev–Trinajstić information content (AvgIpc) is 2.94. The fourth-order valence-corrected chi connectivity index (χ4v) is 2.44. The zero-order valence-corrected chi connectivity index (χ0v) is 13.3. The number of rotatable bonds is 2. The van der Waals surface area contributed by atoms with Crippen LogP contribution in [0, 0.1) is 6.92 Å². The molecule has 106 valence electrons. The van der Waals surface area contributed by atoms with Gasteiger partial charge in [-0.25, -0.2) is 0 Å². The van der Waals surface area contributed by atoms with Crippen molar-refractivity contribution in [2.45, 2.75) is 6.92 Å². The maximum atomic E-state index is 9.74. The highest BCUT2D eigenvalue weighted by atomic mass is 79.9. The van der Waals surface area contributed by atoms with Gasteiger partial charge < -0.3 is 9.63 Å². The van der Waals surface area contributed by atoms with Crippen LogP contribution in [0.25, 0.3) is 22.8 Å². The van der Waals surface area contributed by atoms with Gasteiger partial charge in [0.1, 0.15) is 5.75 Å². The van der Waals surface area contributed by atoms with Crippen molar-refractivity contribution in [3.8, 4) is 28.6 Å². The summed E-state index contributed by atoms with van der Waals surface area (Å²) in [4.78, 5) is 4.37. The Kier molecular flexibility index (Phi) is 3.69. The van der Waals surface area contributed by atoms with Crippen molar-refractivity contribution >= 4 is 27.5 Å². The molecule has 1 N–H and O–H groups in total. The third-order valence-electron chi connectivity index (χ3n) is 3.14. The lowest BCUT2D eigenvalue weighted by atomic mass is 10.1. The molecule has 3 aromatic rings. The number of benzene rings is 2. The SMILES string of the molecule is Cc1c(O)cccc1-c1nc(-c2ccc(Cl)c(Br)c2)no1. The van der Waals surface area contributed by atoms with Crippen LogP contribution in [0.5, 0.6) is 5.75 Å². The first kappa shape index (κ1) is 14.1. The molecular weight excluding hydrogens is 356 g/mol. The largest absolute Gasteiger partial charge is 0.508 e. The van der Waals surface area contributed by atoms with Gasteiger partial charge in [-0.2, -0.15) is 4.98 Å². The van der Waals surface area contributed by atoms with Crippen molar-refractivity contribution in [3.63, 3.8) is 0 Å². The third kappa shape index (κ3) is 2.66. The van der Waals surface area contributed by atoms with Crippen molar-refractivity contribution in [2.75, 3.05) is 0 Å². The van der Waals surface area contributed by atoms with E-state index in [9.17, 15) is 5.11 Å². The molecule has 0 atom stereocenters. The van der Waals surface area contributed by atoms with Gasteiger partial charge in [0.2, 0.25) is 5.82 Å². The summed E-state index contributed by atoms with van der Waals surface area (Å²) in [5.74, 6) is 1.02. The molecule has 0 unspecified atom stereocenters. The minimum Gasteiger partial charge on any atom is -0.508 e. The summed E-state index contributed by atoms with van der Waals surface area (Å²) in [5, 5.41) is 14.3. The summed E-state index contributed by atoms with van der Waals surface area (Å²) in [7, 11) is 0. The van der Waals surface area contributed by atoms with E-state index in [0.29, 0.717) is 27.9 Å². The van der Waals surface area contributed by atoms with Gasteiger partial charge in [0.15, 0.2) is 0 Å². The summed E-state index contributed by atoms with van der Waals surface area (Å²) >= 11 is 9.33. The molecular formula is C15H10BrClN2O2. The van der Waals surface area contributed by atoms with Crippen molar-refractivity contribution in [3.05, 3.63) is 51.5 Å². The highest BCUT2D eigenvalue weighted by molar-refractivity contribution is 9.10. The lowest BCUT2D eigenvalue weighted by Crippen LogP contribution is -1.85. The van der Waals surface area contributed by atoms with E-state index in [4.69, 9.17) is 16.1 Å². The number of aromatic hydroxyl groups is 1. The lowest BCUT2D eigenvalue weighted by molar-refractivity contribution is 0.431. The van der Waals surface area contributed by atoms with E-state index in [1.807, 2.05) is 18.2 Å². The fourth-order valence-electron chi connectivity index (χ4n) is 1.94. The topological polar surface area (TPSA) is 59.2 Å². The van der Waals surface area contributed by atoms with Gasteiger partial charge in [-0.05, 0) is 53.2 Å². The zero-order valence-electron chi connectivity index (χ0n) is 11.0. The van der Waals surface area contributed by atoms with E-state index in [1.54, 1.807) is 25.1 Å². The molecule has 0 fully saturated rings. The summed E-state index contributed by atoms with van der Waals surface area (Å²) in [6.45, 7) is 1.80. The molecule has 0 aliphatic heterocycles. The first-order chi connectivity index (χ1) is 10.1. The van der Waals surface area contributed by atoms with Crippen LogP contribution < -0.4 is 0 Å². The Morgan fingerprint density at radius 3 is 2.81 bits per heavy atom. The van der Waals surface area contributed by atoms with Crippen LogP contribution in [-0.4, -0.2) is 15.2 Å². The monoisotopic (exact) mass is 364 g/mol. The van der Waals surface area contributed by atoms with Crippen LogP contribution in [0.1, 0.15) is 5.56 Å². The van der Waals surface area contributed by atoms with E-state index in [0.717, 1.165) is 10.0 Å². The first-order valence-corrected chi connectivity index (χ1v) is 7.31. The Labute approximate surface area is 134 Å². The highest BCUT2D eigenvalue weighted by Crippen LogP contribution is 2.31. The van der Waals surface area contributed by atoms with Crippen LogP contribution in [0.3, 0.4) is 0 Å². The molecule has 0 aliphatic carbocycles. The normalized spacial score (nSPS) is 10.8. The standard InChI is InChI=1S/C15H10BrClN2O2/c1-8-10(3-2-4-13(8)20)15-18-14(19-21-15)9-5-6-12(17)11(16)7-9/h2-7,20H,1H3. The minimum absolute atomic E-state index is 0.196. The molecule has 0 amide bonds. The van der Waals surface area contributed by atoms with E-state index in [2.05, 4.69) is 26.1 Å². The van der Waals surface area contributed by atoms with Crippen molar-refractivity contribution < 1.29 is 9.63 Å². The van der Waals surface area contributed by atoms with E-state index in [1.165, 1.54) is 0 Å². The number of hydrogen-bond donors (Lipinski definition) is 1. The summed E-state index contributed by atoms with van der Waals surface area (Å²) in [6.07, 6.45) is 0.